The third kappa shape index (κ3) is 4.68. The first-order chi connectivity index (χ1) is 7.63. The summed E-state index contributed by atoms with van der Waals surface area (Å²) in [6, 6.07) is 5.13. The molecule has 0 aliphatic heterocycles. The number of amides is 1. The van der Waals surface area contributed by atoms with E-state index in [1.165, 1.54) is 6.92 Å². The first-order valence-corrected chi connectivity index (χ1v) is 5.43. The molecule has 1 aromatic carbocycles. The number of carbonyl (C=O) groups is 1. The molecule has 4 heteroatoms. The predicted octanol–water partition coefficient (Wildman–Crippen LogP) is 2.65. The Labute approximate surface area is 96.8 Å². The molecule has 0 bridgehead atoms. The zero-order valence-electron chi connectivity index (χ0n) is 10.3. The first-order valence-electron chi connectivity index (χ1n) is 5.43. The molecular weight excluding hydrogens is 204 g/mol. The van der Waals surface area contributed by atoms with Crippen LogP contribution >= 0.6 is 0 Å². The Morgan fingerprint density at radius 1 is 1.44 bits per heavy atom. The van der Waals surface area contributed by atoms with Gasteiger partial charge in [0.1, 0.15) is 5.75 Å². The summed E-state index contributed by atoms with van der Waals surface area (Å²) in [5.74, 6) is 0.471. The van der Waals surface area contributed by atoms with Crippen molar-refractivity contribution in [2.24, 2.45) is 0 Å². The molecule has 0 radical (unpaired) electrons. The summed E-state index contributed by atoms with van der Waals surface area (Å²) >= 11 is 0. The molecule has 1 aromatic rings. The van der Waals surface area contributed by atoms with Crippen LogP contribution in [0, 0.1) is 0 Å². The monoisotopic (exact) mass is 224 g/mol. The summed E-state index contributed by atoms with van der Waals surface area (Å²) in [5, 5.41) is 2.67. The van der Waals surface area contributed by atoms with Gasteiger partial charge in [-0.2, -0.15) is 0 Å². The van der Waals surface area contributed by atoms with Gasteiger partial charge in [-0.3, -0.25) is 4.79 Å². The van der Waals surface area contributed by atoms with Crippen LogP contribution < -0.4 is 15.8 Å². The van der Waals surface area contributed by atoms with E-state index in [0.29, 0.717) is 23.7 Å². The van der Waals surface area contributed by atoms with Crippen LogP contribution in [-0.4, -0.2) is 12.5 Å². The Kier molecular flexibility index (Phi) is 6.76. The number of ether oxygens (including phenoxy) is 1. The van der Waals surface area contributed by atoms with E-state index in [9.17, 15) is 4.79 Å². The molecule has 0 fully saturated rings. The third-order valence-corrected chi connectivity index (χ3v) is 1.62. The van der Waals surface area contributed by atoms with E-state index >= 15 is 0 Å². The van der Waals surface area contributed by atoms with Gasteiger partial charge in [-0.05, 0) is 19.1 Å². The maximum Gasteiger partial charge on any atom is 0.221 e. The molecule has 0 heterocycles. The smallest absolute Gasteiger partial charge is 0.221 e. The SMILES string of the molecule is CC.CCOc1cc(N)ccc1NC(C)=O. The number of nitrogens with two attached hydrogens (primary N) is 1. The largest absolute Gasteiger partial charge is 0.492 e. The molecule has 0 aromatic heterocycles. The zero-order chi connectivity index (χ0) is 12.6. The average Bonchev–Trinajstić information content (AvgIpc) is 2.25. The average molecular weight is 224 g/mol. The zero-order valence-corrected chi connectivity index (χ0v) is 10.3. The minimum atomic E-state index is -0.129. The molecule has 0 atom stereocenters. The van der Waals surface area contributed by atoms with Gasteiger partial charge in [0.05, 0.1) is 12.3 Å². The van der Waals surface area contributed by atoms with Crippen LogP contribution in [0.2, 0.25) is 0 Å². The number of carbonyl (C=O) groups excluding carboxylic acids is 1. The van der Waals surface area contributed by atoms with Crippen LogP contribution in [0.3, 0.4) is 0 Å². The number of nitrogens with one attached hydrogen (secondary N) is 1. The highest BCUT2D eigenvalue weighted by atomic mass is 16.5. The number of benzene rings is 1. The van der Waals surface area contributed by atoms with Gasteiger partial charge in [-0.25, -0.2) is 0 Å². The lowest BCUT2D eigenvalue weighted by molar-refractivity contribution is -0.114. The Morgan fingerprint density at radius 3 is 2.56 bits per heavy atom. The van der Waals surface area contributed by atoms with Crippen LogP contribution in [0.15, 0.2) is 18.2 Å². The van der Waals surface area contributed by atoms with E-state index in [4.69, 9.17) is 10.5 Å². The summed E-state index contributed by atoms with van der Waals surface area (Å²) in [6.07, 6.45) is 0. The predicted molar refractivity (Wildman–Crippen MR) is 67.7 cm³/mol. The molecule has 1 rings (SSSR count). The Morgan fingerprint density at radius 2 is 2.06 bits per heavy atom. The summed E-state index contributed by atoms with van der Waals surface area (Å²) in [4.78, 5) is 10.9. The molecule has 0 aliphatic carbocycles. The van der Waals surface area contributed by atoms with E-state index in [-0.39, 0.29) is 5.91 Å². The Bertz CT molecular complexity index is 338. The molecule has 3 N–H and O–H groups in total. The lowest BCUT2D eigenvalue weighted by atomic mass is 10.2. The van der Waals surface area contributed by atoms with E-state index in [1.807, 2.05) is 20.8 Å². The second-order valence-corrected chi connectivity index (χ2v) is 2.87. The van der Waals surface area contributed by atoms with Crippen LogP contribution in [0.4, 0.5) is 11.4 Å². The van der Waals surface area contributed by atoms with Gasteiger partial charge in [0, 0.05) is 18.7 Å². The van der Waals surface area contributed by atoms with Crippen molar-refractivity contribution in [3.63, 3.8) is 0 Å². The minimum Gasteiger partial charge on any atom is -0.492 e. The molecular formula is C12H20N2O2. The van der Waals surface area contributed by atoms with E-state index < -0.39 is 0 Å². The Balaban J connectivity index is 0.00000106. The highest BCUT2D eigenvalue weighted by Crippen LogP contribution is 2.26. The number of rotatable bonds is 3. The molecule has 16 heavy (non-hydrogen) atoms. The summed E-state index contributed by atoms with van der Waals surface area (Å²) in [6.45, 7) is 7.86. The topological polar surface area (TPSA) is 64.3 Å². The second-order valence-electron chi connectivity index (χ2n) is 2.87. The van der Waals surface area contributed by atoms with Gasteiger partial charge < -0.3 is 15.8 Å². The van der Waals surface area contributed by atoms with Crippen molar-refractivity contribution in [3.05, 3.63) is 18.2 Å². The normalized spacial score (nSPS) is 8.75. The van der Waals surface area contributed by atoms with E-state index in [1.54, 1.807) is 18.2 Å². The molecule has 4 nitrogen and oxygen atoms in total. The first kappa shape index (κ1) is 14.3. The molecule has 90 valence electrons. The van der Waals surface area contributed by atoms with E-state index in [2.05, 4.69) is 5.32 Å². The number of nitrogen functional groups attached to an aromatic ring is 1. The van der Waals surface area contributed by atoms with Gasteiger partial charge in [-0.1, -0.05) is 13.8 Å². The van der Waals surface area contributed by atoms with Crippen molar-refractivity contribution in [2.75, 3.05) is 17.7 Å². The summed E-state index contributed by atoms with van der Waals surface area (Å²) in [5.41, 5.74) is 6.86. The number of hydrogen-bond donors (Lipinski definition) is 2. The molecule has 0 unspecified atom stereocenters. The fourth-order valence-corrected chi connectivity index (χ4v) is 1.11. The standard InChI is InChI=1S/C10H14N2O2.C2H6/c1-3-14-10-6-8(11)4-5-9(10)12-7(2)13;1-2/h4-6H,3,11H2,1-2H3,(H,12,13);1-2H3. The molecule has 0 spiro atoms. The molecule has 0 saturated heterocycles. The van der Waals surface area contributed by atoms with Crippen molar-refractivity contribution in [1.82, 2.24) is 0 Å². The van der Waals surface area contributed by atoms with Gasteiger partial charge >= 0.3 is 0 Å². The minimum absolute atomic E-state index is 0.129. The van der Waals surface area contributed by atoms with Gasteiger partial charge in [-0.15, -0.1) is 0 Å². The lowest BCUT2D eigenvalue weighted by Crippen LogP contribution is -2.08. The summed E-state index contributed by atoms with van der Waals surface area (Å²) < 4.78 is 5.32. The Hall–Kier alpha value is -1.71. The quantitative estimate of drug-likeness (QED) is 0.776. The van der Waals surface area contributed by atoms with Crippen molar-refractivity contribution >= 4 is 17.3 Å². The molecule has 0 aliphatic rings. The highest BCUT2D eigenvalue weighted by molar-refractivity contribution is 5.90. The van der Waals surface area contributed by atoms with Crippen LogP contribution in [0.1, 0.15) is 27.7 Å². The fourth-order valence-electron chi connectivity index (χ4n) is 1.11. The number of hydrogen-bond acceptors (Lipinski definition) is 3. The maximum absolute atomic E-state index is 10.9. The summed E-state index contributed by atoms with van der Waals surface area (Å²) in [7, 11) is 0. The van der Waals surface area contributed by atoms with Crippen LogP contribution in [0.25, 0.3) is 0 Å². The highest BCUT2D eigenvalue weighted by Gasteiger charge is 2.04. The second kappa shape index (κ2) is 7.56. The maximum atomic E-state index is 10.9. The van der Waals surface area contributed by atoms with Gasteiger partial charge in [0.15, 0.2) is 0 Å². The van der Waals surface area contributed by atoms with Crippen LogP contribution in [0.5, 0.6) is 5.75 Å². The van der Waals surface area contributed by atoms with Crippen molar-refractivity contribution in [1.29, 1.82) is 0 Å². The van der Waals surface area contributed by atoms with E-state index in [0.717, 1.165) is 0 Å². The van der Waals surface area contributed by atoms with Gasteiger partial charge in [0.25, 0.3) is 0 Å². The third-order valence-electron chi connectivity index (χ3n) is 1.62. The van der Waals surface area contributed by atoms with Crippen molar-refractivity contribution in [3.8, 4) is 5.75 Å². The van der Waals surface area contributed by atoms with Crippen molar-refractivity contribution in [2.45, 2.75) is 27.7 Å². The lowest BCUT2D eigenvalue weighted by Gasteiger charge is -2.10. The van der Waals surface area contributed by atoms with Crippen LogP contribution in [-0.2, 0) is 4.79 Å². The van der Waals surface area contributed by atoms with Crippen molar-refractivity contribution < 1.29 is 9.53 Å². The molecule has 0 saturated carbocycles. The van der Waals surface area contributed by atoms with Gasteiger partial charge in [0.2, 0.25) is 5.91 Å². The molecule has 1 amide bonds. The number of anilines is 2. The fraction of sp³-hybridized carbons (Fsp3) is 0.417.